The lowest BCUT2D eigenvalue weighted by Crippen LogP contribution is -2.45. The molecule has 6 heteroatoms. The first-order chi connectivity index (χ1) is 14.5. The maximum atomic E-state index is 13.5. The van der Waals surface area contributed by atoms with Crippen LogP contribution in [0.1, 0.15) is 33.4 Å². The Balaban J connectivity index is 1.93. The van der Waals surface area contributed by atoms with E-state index in [4.69, 9.17) is 9.47 Å². The number of methoxy groups -OCH3 is 2. The molecule has 6 nitrogen and oxygen atoms in total. The fourth-order valence-corrected chi connectivity index (χ4v) is 3.97. The van der Waals surface area contributed by atoms with Crippen LogP contribution in [0, 0.1) is 0 Å². The number of carboxylic acid groups (broad SMARTS) is 1. The van der Waals surface area contributed by atoms with Gasteiger partial charge in [-0.3, -0.25) is 14.5 Å². The number of hydrogen-bond acceptors (Lipinski definition) is 4. The molecule has 1 heterocycles. The van der Waals surface area contributed by atoms with Gasteiger partial charge >= 0.3 is 5.97 Å². The van der Waals surface area contributed by atoms with Crippen LogP contribution in [0.3, 0.4) is 0 Å². The molecule has 0 radical (unpaired) electrons. The summed E-state index contributed by atoms with van der Waals surface area (Å²) in [6.07, 6.45) is 0. The molecule has 0 saturated heterocycles. The Hall–Kier alpha value is -3.80. The smallest absolute Gasteiger partial charge is 0.313 e. The van der Waals surface area contributed by atoms with Crippen LogP contribution in [0.4, 0.5) is 5.69 Å². The summed E-state index contributed by atoms with van der Waals surface area (Å²) in [5.74, 6) is -0.846. The minimum absolute atomic E-state index is 0.242. The Labute approximate surface area is 174 Å². The number of amides is 1. The van der Waals surface area contributed by atoms with Gasteiger partial charge in [0, 0.05) is 11.3 Å². The summed E-state index contributed by atoms with van der Waals surface area (Å²) < 4.78 is 10.5. The van der Waals surface area contributed by atoms with Crippen LogP contribution in [-0.2, 0) is 4.79 Å². The van der Waals surface area contributed by atoms with Crippen molar-refractivity contribution in [1.82, 2.24) is 0 Å². The minimum Gasteiger partial charge on any atom is -0.497 e. The van der Waals surface area contributed by atoms with Crippen molar-refractivity contribution >= 4 is 17.6 Å². The van der Waals surface area contributed by atoms with Crippen LogP contribution in [0.5, 0.6) is 11.5 Å². The maximum absolute atomic E-state index is 13.5. The minimum atomic E-state index is -0.991. The van der Waals surface area contributed by atoms with Crippen molar-refractivity contribution < 1.29 is 24.2 Å². The molecular formula is C24H21NO5. The zero-order valence-electron chi connectivity index (χ0n) is 16.6. The molecule has 1 aliphatic rings. The van der Waals surface area contributed by atoms with Crippen molar-refractivity contribution in [2.45, 2.75) is 12.0 Å². The lowest BCUT2D eigenvalue weighted by atomic mass is 9.79. The molecule has 30 heavy (non-hydrogen) atoms. The molecule has 0 spiro atoms. The summed E-state index contributed by atoms with van der Waals surface area (Å²) in [4.78, 5) is 27.5. The molecular weight excluding hydrogens is 382 g/mol. The van der Waals surface area contributed by atoms with E-state index in [0.717, 1.165) is 0 Å². The second-order valence-corrected chi connectivity index (χ2v) is 6.99. The van der Waals surface area contributed by atoms with Crippen molar-refractivity contribution in [2.24, 2.45) is 0 Å². The zero-order valence-corrected chi connectivity index (χ0v) is 16.6. The Morgan fingerprint density at radius 2 is 1.43 bits per heavy atom. The van der Waals surface area contributed by atoms with Gasteiger partial charge < -0.3 is 14.6 Å². The van der Waals surface area contributed by atoms with Gasteiger partial charge in [0.1, 0.15) is 17.4 Å². The molecule has 1 aliphatic heterocycles. The van der Waals surface area contributed by atoms with Crippen LogP contribution >= 0.6 is 0 Å². The van der Waals surface area contributed by atoms with Crippen LogP contribution in [0.2, 0.25) is 0 Å². The van der Waals surface area contributed by atoms with E-state index in [1.54, 1.807) is 91.9 Å². The standard InChI is InChI=1S/C24H21NO5/c1-29-17-11-7-15(8-12-17)22-21(24(27)28)19-5-3-4-6-20(19)23(26)25(22)16-9-13-18(30-2)14-10-16/h3-14,21-22H,1-2H3,(H,27,28)/t21-,22-/m0/s1. The van der Waals surface area contributed by atoms with Crippen LogP contribution in [-0.4, -0.2) is 31.2 Å². The summed E-state index contributed by atoms with van der Waals surface area (Å²) in [6, 6.07) is 20.4. The van der Waals surface area contributed by atoms with Crippen molar-refractivity contribution in [3.05, 3.63) is 89.5 Å². The fraction of sp³-hybridized carbons (Fsp3) is 0.167. The number of benzene rings is 3. The number of nitrogens with zero attached hydrogens (tertiary/aromatic N) is 1. The number of rotatable bonds is 5. The highest BCUT2D eigenvalue weighted by Gasteiger charge is 2.44. The number of ether oxygens (including phenoxy) is 2. The molecule has 1 amide bonds. The van der Waals surface area contributed by atoms with Crippen molar-refractivity contribution in [3.63, 3.8) is 0 Å². The third-order valence-electron chi connectivity index (χ3n) is 5.41. The van der Waals surface area contributed by atoms with Gasteiger partial charge in [-0.1, -0.05) is 30.3 Å². The Kier molecular flexibility index (Phi) is 5.14. The van der Waals surface area contributed by atoms with Crippen LogP contribution < -0.4 is 14.4 Å². The Morgan fingerprint density at radius 1 is 0.867 bits per heavy atom. The SMILES string of the molecule is COc1ccc([C@H]2[C@@H](C(=O)O)c3ccccc3C(=O)N2c2ccc(OC)cc2)cc1. The zero-order chi connectivity index (χ0) is 21.3. The highest BCUT2D eigenvalue weighted by atomic mass is 16.5. The first-order valence-electron chi connectivity index (χ1n) is 9.48. The maximum Gasteiger partial charge on any atom is 0.313 e. The van der Waals surface area contributed by atoms with Crippen molar-refractivity contribution in [2.75, 3.05) is 19.1 Å². The first-order valence-corrected chi connectivity index (χ1v) is 9.48. The van der Waals surface area contributed by atoms with Crippen molar-refractivity contribution in [1.29, 1.82) is 0 Å². The number of anilines is 1. The number of hydrogen-bond donors (Lipinski definition) is 1. The highest BCUT2D eigenvalue weighted by molar-refractivity contribution is 6.11. The summed E-state index contributed by atoms with van der Waals surface area (Å²) in [5.41, 5.74) is 2.22. The van der Waals surface area contributed by atoms with E-state index in [9.17, 15) is 14.7 Å². The average molecular weight is 403 g/mol. The molecule has 0 fully saturated rings. The molecule has 2 atom stereocenters. The van der Waals surface area contributed by atoms with Gasteiger partial charge in [0.15, 0.2) is 0 Å². The van der Waals surface area contributed by atoms with E-state index in [2.05, 4.69) is 0 Å². The predicted octanol–water partition coefficient (Wildman–Crippen LogP) is 4.27. The molecule has 0 aromatic heterocycles. The summed E-state index contributed by atoms with van der Waals surface area (Å²) in [6.45, 7) is 0. The monoisotopic (exact) mass is 403 g/mol. The largest absolute Gasteiger partial charge is 0.497 e. The molecule has 3 aromatic rings. The lowest BCUT2D eigenvalue weighted by molar-refractivity contribution is -0.139. The van der Waals surface area contributed by atoms with Gasteiger partial charge in [0.25, 0.3) is 5.91 Å². The lowest BCUT2D eigenvalue weighted by Gasteiger charge is -2.40. The number of carbonyl (C=O) groups is 2. The van der Waals surface area contributed by atoms with Gasteiger partial charge in [-0.15, -0.1) is 0 Å². The summed E-state index contributed by atoms with van der Waals surface area (Å²) in [7, 11) is 3.14. The van der Waals surface area contributed by atoms with Gasteiger partial charge in [0.05, 0.1) is 20.3 Å². The Bertz CT molecular complexity index is 1080. The average Bonchev–Trinajstić information content (AvgIpc) is 2.79. The van der Waals surface area contributed by atoms with E-state index < -0.39 is 17.9 Å². The number of fused-ring (bicyclic) bond motifs is 1. The normalized spacial score (nSPS) is 17.9. The van der Waals surface area contributed by atoms with E-state index in [-0.39, 0.29) is 5.91 Å². The molecule has 0 saturated carbocycles. The van der Waals surface area contributed by atoms with Crippen LogP contribution in [0.15, 0.2) is 72.8 Å². The predicted molar refractivity (Wildman–Crippen MR) is 112 cm³/mol. The molecule has 0 unspecified atom stereocenters. The summed E-state index contributed by atoms with van der Waals surface area (Å²) in [5, 5.41) is 10.2. The third-order valence-corrected chi connectivity index (χ3v) is 5.41. The van der Waals surface area contributed by atoms with Gasteiger partial charge in [0.2, 0.25) is 0 Å². The van der Waals surface area contributed by atoms with E-state index in [1.165, 1.54) is 0 Å². The molecule has 0 bridgehead atoms. The van der Waals surface area contributed by atoms with Crippen molar-refractivity contribution in [3.8, 4) is 11.5 Å². The topological polar surface area (TPSA) is 76.1 Å². The van der Waals surface area contributed by atoms with E-state index in [1.807, 2.05) is 0 Å². The van der Waals surface area contributed by atoms with Crippen LogP contribution in [0.25, 0.3) is 0 Å². The highest BCUT2D eigenvalue weighted by Crippen LogP contribution is 2.45. The van der Waals surface area contributed by atoms with Gasteiger partial charge in [-0.2, -0.15) is 0 Å². The third kappa shape index (κ3) is 3.26. The van der Waals surface area contributed by atoms with Gasteiger partial charge in [-0.25, -0.2) is 0 Å². The fourth-order valence-electron chi connectivity index (χ4n) is 3.97. The number of aliphatic carboxylic acids is 1. The second-order valence-electron chi connectivity index (χ2n) is 6.99. The molecule has 3 aromatic carbocycles. The van der Waals surface area contributed by atoms with Gasteiger partial charge in [-0.05, 0) is 53.6 Å². The van der Waals surface area contributed by atoms with E-state index >= 15 is 0 Å². The number of carboxylic acids is 1. The molecule has 1 N–H and O–H groups in total. The Morgan fingerprint density at radius 3 is 2.00 bits per heavy atom. The first kappa shape index (κ1) is 19.5. The number of carbonyl (C=O) groups excluding carboxylic acids is 1. The molecule has 0 aliphatic carbocycles. The summed E-state index contributed by atoms with van der Waals surface area (Å²) >= 11 is 0. The quantitative estimate of drug-likeness (QED) is 0.688. The molecule has 4 rings (SSSR count). The molecule has 152 valence electrons. The van der Waals surface area contributed by atoms with E-state index in [0.29, 0.717) is 33.9 Å². The second kappa shape index (κ2) is 7.91.